The second-order valence-corrected chi connectivity index (χ2v) is 13.6. The first kappa shape index (κ1) is 74.9. The van der Waals surface area contributed by atoms with Crippen molar-refractivity contribution in [2.75, 3.05) is 94.1 Å². The first-order chi connectivity index (χ1) is 26.6. The second-order valence-electron chi connectivity index (χ2n) is 13.6. The SMILES string of the molecule is CCCNC.CNCCCN=CC1CCC1.CNCCCN=CC1CCC1.CNCCCN=CC1CCC1.CNCCNN.O=CC1CCC1.[B].[B].[C-]#N.[C-]#N.[Na+].[Na+]. The first-order valence-corrected chi connectivity index (χ1v) is 20.6. The van der Waals surface area contributed by atoms with Crippen molar-refractivity contribution in [1.29, 1.82) is 10.5 Å². The Balaban J connectivity index is -0.0000000854. The summed E-state index contributed by atoms with van der Waals surface area (Å²) in [6.07, 6.45) is 28.3. The molecule has 0 aliphatic heterocycles. The summed E-state index contributed by atoms with van der Waals surface area (Å²) in [4.78, 5) is 22.9. The van der Waals surface area contributed by atoms with Crippen LogP contribution in [0.1, 0.15) is 110 Å². The Bertz CT molecular complexity index is 763. The second kappa shape index (κ2) is 71.0. The molecule has 0 atom stereocenters. The van der Waals surface area contributed by atoms with Crippen LogP contribution in [0.2, 0.25) is 0 Å². The van der Waals surface area contributed by atoms with Crippen molar-refractivity contribution >= 4 is 41.8 Å². The first-order valence-electron chi connectivity index (χ1n) is 20.6. The van der Waals surface area contributed by atoms with Crippen LogP contribution in [0.5, 0.6) is 0 Å². The maximum absolute atomic E-state index is 9.79. The number of aldehydes is 1. The molecule has 0 bridgehead atoms. The molecule has 13 nitrogen and oxygen atoms in total. The molecule has 4 aliphatic rings. The van der Waals surface area contributed by atoms with Crippen molar-refractivity contribution in [2.24, 2.45) is 44.5 Å². The molecule has 8 N–H and O–H groups in total. The summed E-state index contributed by atoms with van der Waals surface area (Å²) in [6, 6.07) is 0. The van der Waals surface area contributed by atoms with Crippen LogP contribution in [0, 0.1) is 47.3 Å². The molecule has 0 spiro atoms. The molecular formula is C41H84B2N12Na2O. The Labute approximate surface area is 406 Å². The quantitative estimate of drug-likeness (QED) is 0.0131. The molecule has 4 aliphatic carbocycles. The van der Waals surface area contributed by atoms with E-state index in [1.807, 2.05) is 35.2 Å². The van der Waals surface area contributed by atoms with Crippen LogP contribution in [0.25, 0.3) is 0 Å². The van der Waals surface area contributed by atoms with Gasteiger partial charge in [0.2, 0.25) is 0 Å². The average Bonchev–Trinajstić information content (AvgIpc) is 3.12. The number of rotatable bonds is 21. The third kappa shape index (κ3) is 62.2. The molecule has 0 aromatic heterocycles. The van der Waals surface area contributed by atoms with Crippen molar-refractivity contribution in [3.05, 3.63) is 13.1 Å². The smallest absolute Gasteiger partial charge is 0.512 e. The summed E-state index contributed by atoms with van der Waals surface area (Å²) in [5.41, 5.74) is 2.51. The standard InChI is InChI=1S/3C9H18N2.C5H8O.C4H11N.C3H11N3.2CN.2B.2Na/c3*1-10-6-3-7-11-8-9-4-2-5-9;6-4-5-2-1-3-5;1-3-4-5-2;1-5-2-3-6-4;2*1-2;;;;/h3*8-10H,2-7H2,1H3;4-5H,1-3H2;5H,3-4H2,1-2H3;5-6H,2-4H2,1H3;;;;;;/q;;;;;;2*-1;;;2*+1. The number of carbonyl (C=O) groups excluding carboxylic acids is 1. The van der Waals surface area contributed by atoms with E-state index < -0.39 is 0 Å². The molecule has 4 rings (SSSR count). The average molecular weight is 829 g/mol. The number of likely N-dealkylation sites (N-methyl/N-ethyl adjacent to an activating group) is 1. The van der Waals surface area contributed by atoms with E-state index in [9.17, 15) is 4.79 Å². The van der Waals surface area contributed by atoms with E-state index in [1.54, 1.807) is 0 Å². The van der Waals surface area contributed by atoms with Gasteiger partial charge in [-0.05, 0) is 156 Å². The van der Waals surface area contributed by atoms with Crippen LogP contribution in [0.15, 0.2) is 15.0 Å². The van der Waals surface area contributed by atoms with Gasteiger partial charge in [-0.3, -0.25) is 26.2 Å². The predicted molar refractivity (Wildman–Crippen MR) is 243 cm³/mol. The van der Waals surface area contributed by atoms with Crippen LogP contribution < -0.4 is 97.0 Å². The van der Waals surface area contributed by atoms with Gasteiger partial charge in [0.25, 0.3) is 0 Å². The number of nitrogens with zero attached hydrogens (tertiary/aromatic N) is 5. The summed E-state index contributed by atoms with van der Waals surface area (Å²) in [5.74, 6) is 7.83. The monoisotopic (exact) mass is 829 g/mol. The fourth-order valence-electron chi connectivity index (χ4n) is 4.50. The minimum Gasteiger partial charge on any atom is -0.512 e. The predicted octanol–water partition coefficient (Wildman–Crippen LogP) is -1.89. The number of hydrogen-bond donors (Lipinski definition) is 7. The van der Waals surface area contributed by atoms with E-state index in [-0.39, 0.29) is 75.9 Å². The van der Waals surface area contributed by atoms with Crippen molar-refractivity contribution in [3.63, 3.8) is 0 Å². The van der Waals surface area contributed by atoms with Crippen molar-refractivity contribution in [1.82, 2.24) is 32.0 Å². The van der Waals surface area contributed by atoms with Gasteiger partial charge in [0.1, 0.15) is 6.29 Å². The largest absolute Gasteiger partial charge is 1.00 e. The summed E-state index contributed by atoms with van der Waals surface area (Å²) in [5, 5.41) is 27.8. The van der Waals surface area contributed by atoms with Gasteiger partial charge >= 0.3 is 59.1 Å². The van der Waals surface area contributed by atoms with Crippen LogP contribution in [-0.4, -0.2) is 136 Å². The van der Waals surface area contributed by atoms with Gasteiger partial charge in [0.05, 0.1) is 0 Å². The third-order valence-corrected chi connectivity index (χ3v) is 8.90. The third-order valence-electron chi connectivity index (χ3n) is 8.90. The molecule has 322 valence electrons. The van der Waals surface area contributed by atoms with Crippen molar-refractivity contribution in [3.8, 4) is 0 Å². The topological polar surface area (TPSA) is 200 Å². The molecule has 58 heavy (non-hydrogen) atoms. The fraction of sp³-hybridized carbons (Fsp3) is 0.854. The molecule has 6 radical (unpaired) electrons. The van der Waals surface area contributed by atoms with Gasteiger partial charge in [-0.25, -0.2) is 0 Å². The molecule has 0 amide bonds. The number of nitrogens with two attached hydrogens (primary N) is 1. The molecule has 0 saturated heterocycles. The van der Waals surface area contributed by atoms with E-state index in [0.29, 0.717) is 5.92 Å². The van der Waals surface area contributed by atoms with E-state index in [1.165, 1.54) is 89.9 Å². The zero-order valence-electron chi connectivity index (χ0n) is 38.7. The molecule has 4 saturated carbocycles. The maximum Gasteiger partial charge on any atom is 1.00 e. The minimum atomic E-state index is 0. The normalized spacial score (nSPS) is 14.9. The Kier molecular flexibility index (Phi) is 91.8. The molecule has 0 aromatic rings. The van der Waals surface area contributed by atoms with Gasteiger partial charge in [-0.2, -0.15) is 0 Å². The van der Waals surface area contributed by atoms with Gasteiger partial charge in [0, 0.05) is 74.1 Å². The molecule has 0 aromatic carbocycles. The van der Waals surface area contributed by atoms with Crippen molar-refractivity contribution < 1.29 is 63.9 Å². The summed E-state index contributed by atoms with van der Waals surface area (Å²) in [6.45, 7) is 20.8. The van der Waals surface area contributed by atoms with Gasteiger partial charge in [-0.1, -0.05) is 32.6 Å². The van der Waals surface area contributed by atoms with Crippen molar-refractivity contribution in [2.45, 2.75) is 110 Å². The molecular weight excluding hydrogens is 744 g/mol. The summed E-state index contributed by atoms with van der Waals surface area (Å²) >= 11 is 0. The van der Waals surface area contributed by atoms with E-state index >= 15 is 0 Å². The Morgan fingerprint density at radius 3 is 0.914 bits per heavy atom. The summed E-state index contributed by atoms with van der Waals surface area (Å²) < 4.78 is 0. The molecule has 17 heteroatoms. The summed E-state index contributed by atoms with van der Waals surface area (Å²) in [7, 11) is 9.79. The Hall–Kier alpha value is -0.490. The Morgan fingerprint density at radius 1 is 0.517 bits per heavy atom. The molecule has 4 fully saturated rings. The number of carbonyl (C=O) groups is 1. The molecule has 0 heterocycles. The zero-order chi connectivity index (χ0) is 41.2. The minimum absolute atomic E-state index is 0. The number of hydrazine groups is 1. The van der Waals surface area contributed by atoms with Crippen LogP contribution in [-0.2, 0) is 4.79 Å². The fourth-order valence-corrected chi connectivity index (χ4v) is 4.50. The Morgan fingerprint density at radius 2 is 0.793 bits per heavy atom. The van der Waals surface area contributed by atoms with Gasteiger partial charge < -0.3 is 55.0 Å². The van der Waals surface area contributed by atoms with Gasteiger partial charge in [-0.15, -0.1) is 0 Å². The molecule has 0 unspecified atom stereocenters. The van der Waals surface area contributed by atoms with E-state index in [4.69, 9.17) is 29.5 Å². The number of hydrogen-bond acceptors (Lipinski definition) is 13. The zero-order valence-corrected chi connectivity index (χ0v) is 42.7. The van der Waals surface area contributed by atoms with Gasteiger partial charge in [0.15, 0.2) is 0 Å². The number of aliphatic imine (C=N–C) groups is 3. The number of nitrogens with one attached hydrogen (secondary N) is 6. The van der Waals surface area contributed by atoms with E-state index in [0.717, 1.165) is 95.8 Å². The van der Waals surface area contributed by atoms with Crippen LogP contribution in [0.4, 0.5) is 0 Å². The van der Waals surface area contributed by atoms with Crippen LogP contribution >= 0.6 is 0 Å². The van der Waals surface area contributed by atoms with E-state index in [2.05, 4.69) is 72.6 Å². The maximum atomic E-state index is 9.79. The van der Waals surface area contributed by atoms with Crippen LogP contribution in [0.3, 0.4) is 0 Å².